The molecule has 2 unspecified atom stereocenters. The molecule has 0 spiro atoms. The number of rotatable bonds is 4. The number of hydrogen-bond donors (Lipinski definition) is 2. The van der Waals surface area contributed by atoms with Crippen LogP contribution < -0.4 is 10.9 Å². The van der Waals surface area contributed by atoms with Gasteiger partial charge in [0.05, 0.1) is 4.92 Å². The zero-order chi connectivity index (χ0) is 17.3. The summed E-state index contributed by atoms with van der Waals surface area (Å²) in [7, 11) is 0. The minimum atomic E-state index is -1.20. The standard InChI is InChI=1S/C16H13N3O5/c1-9-3-2-4-12-13(9)15(20)14(16(21)24-12)18-17-10-5-7-11(8-6-10)19(22)23/h2-8,13-14,17-18H,1H2. The Labute approximate surface area is 136 Å². The third-order valence-electron chi connectivity index (χ3n) is 3.69. The molecule has 2 N–H and O–H groups in total. The highest BCUT2D eigenvalue weighted by atomic mass is 16.6. The minimum Gasteiger partial charge on any atom is -0.428 e. The van der Waals surface area contributed by atoms with Crippen molar-refractivity contribution < 1.29 is 19.2 Å². The third kappa shape index (κ3) is 2.82. The molecule has 0 amide bonds. The van der Waals surface area contributed by atoms with Crippen molar-refractivity contribution in [2.24, 2.45) is 5.92 Å². The smallest absolute Gasteiger partial charge is 0.337 e. The first-order valence-corrected chi connectivity index (χ1v) is 7.06. The maximum absolute atomic E-state index is 12.5. The lowest BCUT2D eigenvalue weighted by Crippen LogP contribution is -2.53. The number of nitro benzene ring substituents is 1. The Bertz CT molecular complexity index is 794. The number of non-ortho nitro benzene ring substituents is 1. The summed E-state index contributed by atoms with van der Waals surface area (Å²) in [5, 5.41) is 10.6. The van der Waals surface area contributed by atoms with Crippen LogP contribution in [-0.2, 0) is 14.3 Å². The van der Waals surface area contributed by atoms with E-state index in [4.69, 9.17) is 4.74 Å². The molecule has 1 aliphatic carbocycles. The van der Waals surface area contributed by atoms with Gasteiger partial charge in [0, 0.05) is 17.8 Å². The number of fused-ring (bicyclic) bond motifs is 1. The molecule has 24 heavy (non-hydrogen) atoms. The van der Waals surface area contributed by atoms with E-state index in [0.29, 0.717) is 11.3 Å². The first-order valence-electron chi connectivity index (χ1n) is 7.06. The van der Waals surface area contributed by atoms with Gasteiger partial charge in [0.1, 0.15) is 11.7 Å². The van der Waals surface area contributed by atoms with Crippen molar-refractivity contribution in [1.82, 2.24) is 5.43 Å². The Morgan fingerprint density at radius 3 is 2.58 bits per heavy atom. The van der Waals surface area contributed by atoms with E-state index in [-0.39, 0.29) is 17.2 Å². The largest absolute Gasteiger partial charge is 0.428 e. The Hall–Kier alpha value is -3.26. The van der Waals surface area contributed by atoms with Crippen LogP contribution in [0, 0.1) is 16.0 Å². The average Bonchev–Trinajstić information content (AvgIpc) is 2.54. The Morgan fingerprint density at radius 1 is 1.21 bits per heavy atom. The van der Waals surface area contributed by atoms with Crippen molar-refractivity contribution in [2.75, 3.05) is 5.43 Å². The van der Waals surface area contributed by atoms with Crippen LogP contribution >= 0.6 is 0 Å². The van der Waals surface area contributed by atoms with Crippen molar-refractivity contribution in [3.8, 4) is 0 Å². The molecule has 122 valence electrons. The van der Waals surface area contributed by atoms with Gasteiger partial charge in [0.15, 0.2) is 11.8 Å². The highest BCUT2D eigenvalue weighted by molar-refractivity contribution is 6.09. The van der Waals surface area contributed by atoms with Crippen molar-refractivity contribution in [1.29, 1.82) is 0 Å². The number of nitro groups is 1. The number of nitrogens with one attached hydrogen (secondary N) is 2. The summed E-state index contributed by atoms with van der Waals surface area (Å²) in [6, 6.07) is 4.32. The molecule has 0 aromatic heterocycles. The fraction of sp³-hybridized carbons (Fsp3) is 0.125. The number of hydrazine groups is 1. The summed E-state index contributed by atoms with van der Waals surface area (Å²) >= 11 is 0. The highest BCUT2D eigenvalue weighted by Crippen LogP contribution is 2.31. The molecule has 1 heterocycles. The molecule has 0 bridgehead atoms. The molecule has 1 aliphatic heterocycles. The number of esters is 1. The molecule has 0 radical (unpaired) electrons. The molecule has 3 rings (SSSR count). The second-order valence-corrected chi connectivity index (χ2v) is 5.27. The van der Waals surface area contributed by atoms with Gasteiger partial charge in [-0.05, 0) is 23.8 Å². The van der Waals surface area contributed by atoms with Crippen LogP contribution in [-0.4, -0.2) is 22.7 Å². The van der Waals surface area contributed by atoms with E-state index in [9.17, 15) is 19.7 Å². The van der Waals surface area contributed by atoms with Crippen LogP contribution in [0.5, 0.6) is 0 Å². The summed E-state index contributed by atoms with van der Waals surface area (Å²) in [5.74, 6) is -1.52. The first-order chi connectivity index (χ1) is 11.5. The first kappa shape index (κ1) is 15.6. The maximum atomic E-state index is 12.5. The van der Waals surface area contributed by atoms with Crippen molar-refractivity contribution >= 4 is 23.1 Å². The molecule has 8 nitrogen and oxygen atoms in total. The van der Waals surface area contributed by atoms with Gasteiger partial charge >= 0.3 is 5.97 Å². The number of carbonyl (C=O) groups is 2. The van der Waals surface area contributed by atoms with Gasteiger partial charge in [-0.15, -0.1) is 0 Å². The van der Waals surface area contributed by atoms with Crippen LogP contribution in [0.15, 0.2) is 60.4 Å². The summed E-state index contributed by atoms with van der Waals surface area (Å²) in [4.78, 5) is 34.6. The number of nitrogens with zero attached hydrogens (tertiary/aromatic N) is 1. The van der Waals surface area contributed by atoms with E-state index in [1.54, 1.807) is 18.2 Å². The van der Waals surface area contributed by atoms with E-state index < -0.39 is 22.9 Å². The lowest BCUT2D eigenvalue weighted by Gasteiger charge is -2.31. The van der Waals surface area contributed by atoms with Crippen molar-refractivity contribution in [2.45, 2.75) is 6.04 Å². The van der Waals surface area contributed by atoms with E-state index in [2.05, 4.69) is 17.4 Å². The molecular weight excluding hydrogens is 314 g/mol. The second kappa shape index (κ2) is 6.09. The monoisotopic (exact) mass is 327 g/mol. The number of ether oxygens (including phenoxy) is 1. The zero-order valence-corrected chi connectivity index (χ0v) is 12.4. The van der Waals surface area contributed by atoms with Crippen LogP contribution in [0.3, 0.4) is 0 Å². The molecule has 1 aromatic carbocycles. The normalized spacial score (nSPS) is 22.5. The van der Waals surface area contributed by atoms with Crippen molar-refractivity contribution in [3.05, 3.63) is 70.5 Å². The number of carbonyl (C=O) groups excluding carboxylic acids is 2. The van der Waals surface area contributed by atoms with Crippen LogP contribution in [0.4, 0.5) is 11.4 Å². The summed E-state index contributed by atoms with van der Waals surface area (Å²) in [6.07, 6.45) is 4.92. The lowest BCUT2D eigenvalue weighted by atomic mass is 9.85. The maximum Gasteiger partial charge on any atom is 0.337 e. The average molecular weight is 327 g/mol. The van der Waals surface area contributed by atoms with Crippen molar-refractivity contribution in [3.63, 3.8) is 0 Å². The van der Waals surface area contributed by atoms with Crippen LogP contribution in [0.1, 0.15) is 0 Å². The molecule has 1 aromatic rings. The van der Waals surface area contributed by atoms with Gasteiger partial charge in [-0.2, -0.15) is 0 Å². The number of allylic oxidation sites excluding steroid dienone is 4. The van der Waals surface area contributed by atoms with Gasteiger partial charge in [0.25, 0.3) is 5.69 Å². The van der Waals surface area contributed by atoms with Crippen LogP contribution in [0.2, 0.25) is 0 Å². The minimum absolute atomic E-state index is 0.0613. The Kier molecular flexibility index (Phi) is 3.97. The van der Waals surface area contributed by atoms with E-state index >= 15 is 0 Å². The second-order valence-electron chi connectivity index (χ2n) is 5.27. The van der Waals surface area contributed by atoms with Gasteiger partial charge in [0.2, 0.25) is 0 Å². The summed E-state index contributed by atoms with van der Waals surface area (Å²) in [6.45, 7) is 3.80. The molecular formula is C16H13N3O5. The fourth-order valence-electron chi connectivity index (χ4n) is 2.47. The number of anilines is 1. The lowest BCUT2D eigenvalue weighted by molar-refractivity contribution is -0.384. The number of ketones is 1. The molecule has 2 aliphatic rings. The molecule has 1 saturated heterocycles. The third-order valence-corrected chi connectivity index (χ3v) is 3.69. The quantitative estimate of drug-likeness (QED) is 0.374. The predicted octanol–water partition coefficient (Wildman–Crippen LogP) is 1.63. The van der Waals surface area contributed by atoms with E-state index in [0.717, 1.165) is 0 Å². The summed E-state index contributed by atoms with van der Waals surface area (Å²) in [5.41, 5.74) is 6.24. The van der Waals surface area contributed by atoms with Gasteiger partial charge in [-0.3, -0.25) is 14.9 Å². The topological polar surface area (TPSA) is 111 Å². The van der Waals surface area contributed by atoms with Gasteiger partial charge < -0.3 is 10.2 Å². The zero-order valence-electron chi connectivity index (χ0n) is 12.4. The van der Waals surface area contributed by atoms with E-state index in [1.807, 2.05) is 0 Å². The van der Waals surface area contributed by atoms with E-state index in [1.165, 1.54) is 24.3 Å². The molecule has 1 fully saturated rings. The predicted molar refractivity (Wildman–Crippen MR) is 84.6 cm³/mol. The fourth-order valence-corrected chi connectivity index (χ4v) is 2.47. The molecule has 8 heteroatoms. The Morgan fingerprint density at radius 2 is 1.92 bits per heavy atom. The number of hydrogen-bond acceptors (Lipinski definition) is 7. The van der Waals surface area contributed by atoms with Gasteiger partial charge in [-0.25, -0.2) is 10.2 Å². The SMILES string of the molecule is C=C1C=CC=C2OC(=O)C(NNc3ccc([N+](=O)[O-])cc3)C(=O)C12. The van der Waals surface area contributed by atoms with Crippen LogP contribution in [0.25, 0.3) is 0 Å². The number of Topliss-reactive ketones (excluding diaryl/α,β-unsaturated/α-hetero) is 1. The highest BCUT2D eigenvalue weighted by Gasteiger charge is 2.43. The molecule has 0 saturated carbocycles. The molecule has 2 atom stereocenters. The van der Waals surface area contributed by atoms with Gasteiger partial charge in [-0.1, -0.05) is 18.7 Å². The summed E-state index contributed by atoms with van der Waals surface area (Å²) < 4.78 is 5.18. The number of benzene rings is 1. The Balaban J connectivity index is 1.71.